The molecule has 2 heteroatoms. The predicted octanol–water partition coefficient (Wildman–Crippen LogP) is 0.168. The van der Waals surface area contributed by atoms with Crippen molar-refractivity contribution < 1.29 is 0 Å². The maximum atomic E-state index is 4.85. The van der Waals surface area contributed by atoms with Gasteiger partial charge in [0.15, 0.2) is 0 Å². The largest absolute Gasteiger partial charge is 0.331 e. The van der Waals surface area contributed by atoms with Crippen LogP contribution in [0.2, 0.25) is 6.82 Å². The van der Waals surface area contributed by atoms with Crippen LogP contribution in [0.1, 0.15) is 6.92 Å². The Morgan fingerprint density at radius 2 is 1.60 bits per heavy atom. The van der Waals surface area contributed by atoms with E-state index in [-0.39, 0.29) is 0 Å². The first-order chi connectivity index (χ1) is 2.41. The van der Waals surface area contributed by atoms with Crippen molar-refractivity contribution in [3.8, 4) is 0 Å². The molecule has 0 aromatic rings. The van der Waals surface area contributed by atoms with E-state index in [2.05, 4.69) is 7.85 Å². The van der Waals surface area contributed by atoms with E-state index in [1.807, 2.05) is 6.92 Å². The lowest BCUT2D eigenvalue weighted by atomic mass is 10.2. The summed E-state index contributed by atoms with van der Waals surface area (Å²) in [4.78, 5) is 0. The smallest absolute Gasteiger partial charge is 0.0606 e. The molecule has 0 aromatic carbocycles. The zero-order chi connectivity index (χ0) is 4.71. The van der Waals surface area contributed by atoms with Crippen LogP contribution in [-0.2, 0) is 0 Å². The second kappa shape index (κ2) is 35.1. The molecule has 0 aliphatic carbocycles. The summed E-state index contributed by atoms with van der Waals surface area (Å²) in [6.07, 6.45) is 0. The van der Waals surface area contributed by atoms with Crippen molar-refractivity contribution in [2.24, 2.45) is 5.73 Å². The highest BCUT2D eigenvalue weighted by Crippen LogP contribution is 1.20. The van der Waals surface area contributed by atoms with Crippen LogP contribution in [-0.4, -0.2) is 14.4 Å². The molecule has 0 bridgehead atoms. The fraction of sp³-hybridized carbons (Fsp3) is 1.00. The number of rotatable bonds is 0. The minimum Gasteiger partial charge on any atom is -0.331 e. The molecule has 0 fully saturated rings. The number of hydrogen-bond donors (Lipinski definition) is 1. The molecule has 0 atom stereocenters. The molecule has 0 aliphatic rings. The summed E-state index contributed by atoms with van der Waals surface area (Å²) >= 11 is 0. The average molecular weight is 70.9 g/mol. The molecule has 0 saturated carbocycles. The molecule has 0 unspecified atom stereocenters. The quantitative estimate of drug-likeness (QED) is 0.404. The molecular formula is C3H10BN. The van der Waals surface area contributed by atoms with Crippen LogP contribution in [0.3, 0.4) is 0 Å². The maximum Gasteiger partial charge on any atom is 0.0606 e. The van der Waals surface area contributed by atoms with Crippen LogP contribution in [0.25, 0.3) is 0 Å². The minimum atomic E-state index is 0.750. The van der Waals surface area contributed by atoms with Gasteiger partial charge in [-0.3, -0.25) is 0 Å². The topological polar surface area (TPSA) is 26.0 Å². The van der Waals surface area contributed by atoms with E-state index in [1.54, 1.807) is 0 Å². The first kappa shape index (κ1) is 8.90. The first-order valence-electron chi connectivity index (χ1n) is 1.69. The molecular weight excluding hydrogens is 60.9 g/mol. The van der Waals surface area contributed by atoms with Gasteiger partial charge < -0.3 is 5.73 Å². The van der Waals surface area contributed by atoms with Crippen LogP contribution >= 0.6 is 0 Å². The third-order valence-corrected chi connectivity index (χ3v) is 0. The zero-order valence-electron chi connectivity index (χ0n) is 3.86. The molecule has 0 aromatic heterocycles. The Morgan fingerprint density at radius 3 is 1.60 bits per heavy atom. The molecule has 2 N–H and O–H groups in total. The van der Waals surface area contributed by atoms with Crippen molar-refractivity contribution in [2.75, 3.05) is 6.54 Å². The van der Waals surface area contributed by atoms with E-state index in [4.69, 9.17) is 5.73 Å². The summed E-state index contributed by atoms with van der Waals surface area (Å²) in [6.45, 7) is 4.15. The van der Waals surface area contributed by atoms with Gasteiger partial charge in [-0.05, 0) is 6.54 Å². The lowest BCUT2D eigenvalue weighted by molar-refractivity contribution is 1.14. The molecule has 0 saturated heterocycles. The Bertz CT molecular complexity index is 6.85. The Hall–Kier alpha value is 0.0249. The Labute approximate surface area is 35.0 Å². The molecule has 1 nitrogen and oxygen atoms in total. The second-order valence-electron chi connectivity index (χ2n) is 0.408. The summed E-state index contributed by atoms with van der Waals surface area (Å²) in [6, 6.07) is 0. The molecule has 0 rings (SSSR count). The van der Waals surface area contributed by atoms with E-state index >= 15 is 0 Å². The van der Waals surface area contributed by atoms with Crippen LogP contribution in [0.15, 0.2) is 0 Å². The standard InChI is InChI=1S/C2H7N.CH3B/c1-2-3;1-2/h2-3H2,1H3;1H3. The molecule has 0 spiro atoms. The van der Waals surface area contributed by atoms with E-state index in [0.29, 0.717) is 0 Å². The van der Waals surface area contributed by atoms with Gasteiger partial charge in [0.2, 0.25) is 0 Å². The zero-order valence-corrected chi connectivity index (χ0v) is 3.86. The Morgan fingerprint density at radius 1 is 1.60 bits per heavy atom. The first-order valence-corrected chi connectivity index (χ1v) is 1.69. The average Bonchev–Trinajstić information content (AvgIpc) is 1.46. The van der Waals surface area contributed by atoms with Gasteiger partial charge in [-0.25, -0.2) is 0 Å². The predicted molar refractivity (Wildman–Crippen MR) is 26.3 cm³/mol. The maximum absolute atomic E-state index is 4.85. The van der Waals surface area contributed by atoms with Gasteiger partial charge in [0.05, 0.1) is 7.85 Å². The second-order valence-corrected chi connectivity index (χ2v) is 0.408. The SMILES string of the molecule is CCN.[B]C. The van der Waals surface area contributed by atoms with Crippen molar-refractivity contribution in [3.05, 3.63) is 0 Å². The fourth-order valence-corrected chi connectivity index (χ4v) is 0. The lowest BCUT2D eigenvalue weighted by Gasteiger charge is -1.53. The molecule has 0 amide bonds. The summed E-state index contributed by atoms with van der Waals surface area (Å²) in [5.74, 6) is 0. The fourth-order valence-electron chi connectivity index (χ4n) is 0. The van der Waals surface area contributed by atoms with Crippen molar-refractivity contribution in [1.29, 1.82) is 0 Å². The van der Waals surface area contributed by atoms with E-state index in [0.717, 1.165) is 6.54 Å². The van der Waals surface area contributed by atoms with Gasteiger partial charge in [-0.1, -0.05) is 13.7 Å². The highest BCUT2D eigenvalue weighted by atomic mass is 14.5. The summed E-state index contributed by atoms with van der Waals surface area (Å²) in [5.41, 5.74) is 4.85. The van der Waals surface area contributed by atoms with Crippen molar-refractivity contribution >= 4 is 7.85 Å². The summed E-state index contributed by atoms with van der Waals surface area (Å²) < 4.78 is 0. The van der Waals surface area contributed by atoms with Gasteiger partial charge in [0, 0.05) is 0 Å². The van der Waals surface area contributed by atoms with Crippen molar-refractivity contribution in [2.45, 2.75) is 13.7 Å². The number of hydrogen-bond acceptors (Lipinski definition) is 1. The monoisotopic (exact) mass is 71.1 g/mol. The molecule has 0 heterocycles. The highest BCUT2D eigenvalue weighted by molar-refractivity contribution is 6.05. The van der Waals surface area contributed by atoms with Gasteiger partial charge in [0.25, 0.3) is 0 Å². The molecule has 2 radical (unpaired) electrons. The van der Waals surface area contributed by atoms with Gasteiger partial charge in [-0.2, -0.15) is 0 Å². The lowest BCUT2D eigenvalue weighted by Crippen LogP contribution is -1.87. The highest BCUT2D eigenvalue weighted by Gasteiger charge is 1.32. The van der Waals surface area contributed by atoms with E-state index < -0.39 is 0 Å². The Kier molecular flexibility index (Phi) is 62.4. The Balaban J connectivity index is 0. The summed E-state index contributed by atoms with van der Waals surface area (Å²) in [7, 11) is 4.50. The van der Waals surface area contributed by atoms with E-state index in [9.17, 15) is 0 Å². The third-order valence-electron chi connectivity index (χ3n) is 0. The number of nitrogens with two attached hydrogens (primary N) is 1. The van der Waals surface area contributed by atoms with Gasteiger partial charge >= 0.3 is 0 Å². The molecule has 0 aliphatic heterocycles. The van der Waals surface area contributed by atoms with E-state index in [1.165, 1.54) is 6.82 Å². The van der Waals surface area contributed by atoms with Crippen molar-refractivity contribution in [3.63, 3.8) is 0 Å². The normalized spacial score (nSPS) is 4.60. The van der Waals surface area contributed by atoms with Gasteiger partial charge in [-0.15, -0.1) is 0 Å². The third kappa shape index (κ3) is 26500. The van der Waals surface area contributed by atoms with Crippen LogP contribution in [0.4, 0.5) is 0 Å². The van der Waals surface area contributed by atoms with Crippen molar-refractivity contribution in [1.82, 2.24) is 0 Å². The van der Waals surface area contributed by atoms with Crippen LogP contribution < -0.4 is 5.73 Å². The van der Waals surface area contributed by atoms with Crippen LogP contribution in [0, 0.1) is 0 Å². The summed E-state index contributed by atoms with van der Waals surface area (Å²) in [5, 5.41) is 0. The minimum absolute atomic E-state index is 0.750. The molecule has 30 valence electrons. The van der Waals surface area contributed by atoms with Crippen LogP contribution in [0.5, 0.6) is 0 Å². The molecule has 5 heavy (non-hydrogen) atoms. The van der Waals surface area contributed by atoms with Gasteiger partial charge in [0.1, 0.15) is 0 Å².